The molecule has 1 N–H and O–H groups in total. The van der Waals surface area contributed by atoms with Gasteiger partial charge in [-0.1, -0.05) is 0 Å². The van der Waals surface area contributed by atoms with Crippen LogP contribution in [0.1, 0.15) is 19.8 Å². The fourth-order valence-electron chi connectivity index (χ4n) is 1.75. The summed E-state index contributed by atoms with van der Waals surface area (Å²) in [5, 5.41) is 10.0. The van der Waals surface area contributed by atoms with E-state index < -0.39 is 0 Å². The molecule has 0 saturated carbocycles. The van der Waals surface area contributed by atoms with Gasteiger partial charge in [0.15, 0.2) is 0 Å². The van der Waals surface area contributed by atoms with Gasteiger partial charge in [0.2, 0.25) is 0 Å². The Morgan fingerprint density at radius 1 is 1.67 bits per heavy atom. The maximum Gasteiger partial charge on any atom is 0.0639 e. The zero-order valence-corrected chi connectivity index (χ0v) is 8.81. The summed E-state index contributed by atoms with van der Waals surface area (Å²) in [6, 6.07) is 0. The van der Waals surface area contributed by atoms with Crippen LogP contribution < -0.4 is 0 Å². The minimum atomic E-state index is -0.175. The molecule has 0 aromatic heterocycles. The van der Waals surface area contributed by atoms with E-state index in [2.05, 4.69) is 11.2 Å². The van der Waals surface area contributed by atoms with Crippen molar-refractivity contribution >= 4 is 11.8 Å². The molecule has 0 aromatic carbocycles. The number of aliphatic hydroxyl groups is 1. The first-order valence-electron chi connectivity index (χ1n) is 4.65. The third-order valence-corrected chi connectivity index (χ3v) is 3.37. The molecular formula is C9H19NOS. The molecule has 12 heavy (non-hydrogen) atoms. The number of piperidine rings is 1. The lowest BCUT2D eigenvalue weighted by Crippen LogP contribution is -2.40. The van der Waals surface area contributed by atoms with Crippen molar-refractivity contribution < 1.29 is 5.11 Å². The molecule has 1 rings (SSSR count). The lowest BCUT2D eigenvalue weighted by Gasteiger charge is -2.32. The summed E-state index contributed by atoms with van der Waals surface area (Å²) in [4.78, 5) is 2.37. The van der Waals surface area contributed by atoms with Crippen molar-refractivity contribution in [2.75, 3.05) is 25.9 Å². The topological polar surface area (TPSA) is 23.5 Å². The maximum atomic E-state index is 9.22. The second-order valence-electron chi connectivity index (χ2n) is 3.61. The number of hydrogen-bond acceptors (Lipinski definition) is 3. The first-order valence-corrected chi connectivity index (χ1v) is 5.94. The molecule has 1 aliphatic rings. The van der Waals surface area contributed by atoms with E-state index in [4.69, 9.17) is 0 Å². The fraction of sp³-hybridized carbons (Fsp3) is 1.00. The first kappa shape index (κ1) is 10.4. The van der Waals surface area contributed by atoms with E-state index in [1.54, 1.807) is 0 Å². The molecule has 3 heteroatoms. The van der Waals surface area contributed by atoms with Gasteiger partial charge in [0.25, 0.3) is 0 Å². The highest BCUT2D eigenvalue weighted by atomic mass is 32.2. The summed E-state index contributed by atoms with van der Waals surface area (Å²) in [6.45, 7) is 5.04. The van der Waals surface area contributed by atoms with Gasteiger partial charge < -0.3 is 5.11 Å². The molecule has 0 aliphatic carbocycles. The number of nitrogens with zero attached hydrogens (tertiary/aromatic N) is 1. The Bertz CT molecular complexity index is 130. The van der Waals surface area contributed by atoms with E-state index in [1.807, 2.05) is 18.7 Å². The quantitative estimate of drug-likeness (QED) is 0.721. The van der Waals surface area contributed by atoms with E-state index in [9.17, 15) is 5.11 Å². The molecule has 0 aromatic rings. The molecule has 1 heterocycles. The highest BCUT2D eigenvalue weighted by Gasteiger charge is 2.19. The van der Waals surface area contributed by atoms with Crippen molar-refractivity contribution in [1.82, 2.24) is 4.90 Å². The third kappa shape index (κ3) is 3.33. The summed E-state index contributed by atoms with van der Waals surface area (Å²) < 4.78 is 0. The van der Waals surface area contributed by atoms with Gasteiger partial charge in [0.05, 0.1) is 6.10 Å². The SMILES string of the molecule is CSC1CCCN(C[C@H](C)O)C1. The van der Waals surface area contributed by atoms with Crippen LogP contribution in [0.3, 0.4) is 0 Å². The van der Waals surface area contributed by atoms with Gasteiger partial charge in [-0.15, -0.1) is 0 Å². The number of hydrogen-bond donors (Lipinski definition) is 1. The van der Waals surface area contributed by atoms with Crippen LogP contribution in [-0.4, -0.2) is 47.3 Å². The minimum absolute atomic E-state index is 0.175. The molecule has 2 atom stereocenters. The Balaban J connectivity index is 2.25. The number of rotatable bonds is 3. The van der Waals surface area contributed by atoms with Crippen LogP contribution in [0.2, 0.25) is 0 Å². The van der Waals surface area contributed by atoms with Gasteiger partial charge in [-0.05, 0) is 32.6 Å². The van der Waals surface area contributed by atoms with Gasteiger partial charge in [0, 0.05) is 18.3 Å². The second-order valence-corrected chi connectivity index (χ2v) is 4.75. The molecule has 0 spiro atoms. The predicted molar refractivity (Wildman–Crippen MR) is 54.7 cm³/mol. The molecule has 1 saturated heterocycles. The largest absolute Gasteiger partial charge is 0.392 e. The van der Waals surface area contributed by atoms with Crippen molar-refractivity contribution in [1.29, 1.82) is 0 Å². The van der Waals surface area contributed by atoms with Crippen LogP contribution in [0, 0.1) is 0 Å². The molecule has 1 aliphatic heterocycles. The molecule has 72 valence electrons. The molecule has 1 unspecified atom stereocenters. The van der Waals surface area contributed by atoms with Gasteiger partial charge >= 0.3 is 0 Å². The average Bonchev–Trinajstić information content (AvgIpc) is 2.03. The fourth-order valence-corrected chi connectivity index (χ4v) is 2.51. The lowest BCUT2D eigenvalue weighted by molar-refractivity contribution is 0.116. The summed E-state index contributed by atoms with van der Waals surface area (Å²) >= 11 is 1.95. The van der Waals surface area contributed by atoms with Gasteiger partial charge in [-0.25, -0.2) is 0 Å². The van der Waals surface area contributed by atoms with E-state index in [0.29, 0.717) is 0 Å². The molecule has 0 bridgehead atoms. The first-order chi connectivity index (χ1) is 5.72. The molecule has 0 amide bonds. The summed E-state index contributed by atoms with van der Waals surface area (Å²) in [7, 11) is 0. The number of β-amino-alcohol motifs (C(OH)–C–C–N with tert-alkyl or cyclic N) is 1. The Hall–Kier alpha value is 0.270. The molecule has 2 nitrogen and oxygen atoms in total. The highest BCUT2D eigenvalue weighted by molar-refractivity contribution is 7.99. The average molecular weight is 189 g/mol. The summed E-state index contributed by atoms with van der Waals surface area (Å²) in [6.07, 6.45) is 4.64. The van der Waals surface area contributed by atoms with Gasteiger partial charge in [0.1, 0.15) is 0 Å². The Morgan fingerprint density at radius 2 is 2.42 bits per heavy atom. The van der Waals surface area contributed by atoms with Crippen molar-refractivity contribution in [2.24, 2.45) is 0 Å². The maximum absolute atomic E-state index is 9.22. The Kier molecular flexibility index (Phi) is 4.40. The third-order valence-electron chi connectivity index (χ3n) is 2.32. The molecular weight excluding hydrogens is 170 g/mol. The van der Waals surface area contributed by atoms with Crippen LogP contribution in [0.25, 0.3) is 0 Å². The van der Waals surface area contributed by atoms with Gasteiger partial charge in [-0.3, -0.25) is 4.90 Å². The van der Waals surface area contributed by atoms with Crippen LogP contribution >= 0.6 is 11.8 Å². The zero-order valence-electron chi connectivity index (χ0n) is 7.99. The lowest BCUT2D eigenvalue weighted by atomic mass is 10.1. The number of likely N-dealkylation sites (tertiary alicyclic amines) is 1. The van der Waals surface area contributed by atoms with Crippen LogP contribution in [-0.2, 0) is 0 Å². The summed E-state index contributed by atoms with van der Waals surface area (Å²) in [5.41, 5.74) is 0. The predicted octanol–water partition coefficient (Wildman–Crippen LogP) is 1.19. The van der Waals surface area contributed by atoms with E-state index in [1.165, 1.54) is 19.4 Å². The van der Waals surface area contributed by atoms with Crippen molar-refractivity contribution in [3.05, 3.63) is 0 Å². The van der Waals surface area contributed by atoms with E-state index in [-0.39, 0.29) is 6.10 Å². The van der Waals surface area contributed by atoms with E-state index in [0.717, 1.165) is 18.3 Å². The Morgan fingerprint density at radius 3 is 3.00 bits per heavy atom. The van der Waals surface area contributed by atoms with Crippen molar-refractivity contribution in [2.45, 2.75) is 31.1 Å². The van der Waals surface area contributed by atoms with Gasteiger partial charge in [-0.2, -0.15) is 11.8 Å². The van der Waals surface area contributed by atoms with Crippen molar-refractivity contribution in [3.63, 3.8) is 0 Å². The normalized spacial score (nSPS) is 28.8. The monoisotopic (exact) mass is 189 g/mol. The molecule has 0 radical (unpaired) electrons. The molecule has 1 fully saturated rings. The van der Waals surface area contributed by atoms with Crippen LogP contribution in [0.5, 0.6) is 0 Å². The minimum Gasteiger partial charge on any atom is -0.392 e. The smallest absolute Gasteiger partial charge is 0.0639 e. The zero-order chi connectivity index (χ0) is 8.97. The van der Waals surface area contributed by atoms with Crippen LogP contribution in [0.4, 0.5) is 0 Å². The van der Waals surface area contributed by atoms with Crippen LogP contribution in [0.15, 0.2) is 0 Å². The Labute approximate surface area is 79.3 Å². The number of aliphatic hydroxyl groups excluding tert-OH is 1. The van der Waals surface area contributed by atoms with E-state index >= 15 is 0 Å². The highest BCUT2D eigenvalue weighted by Crippen LogP contribution is 2.19. The standard InChI is InChI=1S/C9H19NOS/c1-8(11)6-10-5-3-4-9(7-10)12-2/h8-9,11H,3-7H2,1-2H3/t8-,9?/m0/s1. The summed E-state index contributed by atoms with van der Waals surface area (Å²) in [5.74, 6) is 0. The number of thioether (sulfide) groups is 1. The second kappa shape index (κ2) is 5.10. The van der Waals surface area contributed by atoms with Crippen molar-refractivity contribution in [3.8, 4) is 0 Å².